The van der Waals surface area contributed by atoms with Crippen LogP contribution in [-0.2, 0) is 19.2 Å². The van der Waals surface area contributed by atoms with Gasteiger partial charge in [-0.15, -0.1) is 0 Å². The van der Waals surface area contributed by atoms with E-state index in [2.05, 4.69) is 25.9 Å². The molecule has 0 radical (unpaired) electrons. The molecule has 0 aliphatic heterocycles. The fraction of sp³-hybridized carbons (Fsp3) is 0.727. The summed E-state index contributed by atoms with van der Waals surface area (Å²) < 4.78 is 0. The van der Waals surface area contributed by atoms with Crippen molar-refractivity contribution >= 4 is 35.6 Å². The number of carbonyl (C=O) groups is 4. The molecule has 0 aromatic carbocycles. The standard InChI is InChI=1S/C22H44N10O6/c1-4-11(2)16(20(37)38)32-18(35)14(8-6-10-29-22(26)27)30-17(34)13(7-5-9-28-21(24)25)31-19(36)15(23)12(3)33/h11-16,33H,4-10,23H2,1-3H3,(H,30,34)(H,31,36)(H,32,35)(H,37,38)(H4,24,25,28)(H4,26,27,29). The third-order valence-electron chi connectivity index (χ3n) is 5.76. The topological polar surface area (TPSA) is 300 Å². The molecule has 0 aromatic rings. The first kappa shape index (κ1) is 34.3. The summed E-state index contributed by atoms with van der Waals surface area (Å²) in [4.78, 5) is 58.1. The van der Waals surface area contributed by atoms with Gasteiger partial charge in [0, 0.05) is 13.1 Å². The molecule has 0 aliphatic carbocycles. The fourth-order valence-corrected chi connectivity index (χ4v) is 3.24. The minimum Gasteiger partial charge on any atom is -0.480 e. The van der Waals surface area contributed by atoms with Crippen LogP contribution in [-0.4, -0.2) is 89.2 Å². The molecular formula is C22H44N10O6. The van der Waals surface area contributed by atoms with Crippen LogP contribution in [0.1, 0.15) is 52.9 Å². The molecule has 6 atom stereocenters. The molecule has 0 saturated heterocycles. The Morgan fingerprint density at radius 2 is 1.21 bits per heavy atom. The summed E-state index contributed by atoms with van der Waals surface area (Å²) in [5.74, 6) is -4.10. The number of guanidine groups is 2. The van der Waals surface area contributed by atoms with Crippen molar-refractivity contribution in [3.63, 3.8) is 0 Å². The summed E-state index contributed by atoms with van der Waals surface area (Å²) >= 11 is 0. The molecule has 16 nitrogen and oxygen atoms in total. The first-order chi connectivity index (χ1) is 17.7. The van der Waals surface area contributed by atoms with Crippen molar-refractivity contribution in [2.45, 2.75) is 83.1 Å². The summed E-state index contributed by atoms with van der Waals surface area (Å²) in [7, 11) is 0. The van der Waals surface area contributed by atoms with Gasteiger partial charge < -0.3 is 54.8 Å². The second-order valence-electron chi connectivity index (χ2n) is 9.00. The summed E-state index contributed by atoms with van der Waals surface area (Å²) in [5.41, 5.74) is 27.0. The Morgan fingerprint density at radius 3 is 1.58 bits per heavy atom. The number of aliphatic carboxylic acids is 1. The van der Waals surface area contributed by atoms with Crippen molar-refractivity contribution in [2.75, 3.05) is 13.1 Å². The third-order valence-corrected chi connectivity index (χ3v) is 5.76. The van der Waals surface area contributed by atoms with Crippen LogP contribution in [0.4, 0.5) is 0 Å². The third kappa shape index (κ3) is 13.6. The number of nitrogens with two attached hydrogens (primary N) is 5. The Hall–Kier alpha value is -3.66. The molecule has 16 heteroatoms. The molecule has 0 fully saturated rings. The van der Waals surface area contributed by atoms with E-state index in [1.807, 2.05) is 0 Å². The molecule has 3 amide bonds. The molecule has 0 bridgehead atoms. The number of rotatable bonds is 18. The van der Waals surface area contributed by atoms with E-state index in [9.17, 15) is 29.4 Å². The number of nitrogens with one attached hydrogen (secondary N) is 3. The first-order valence-electron chi connectivity index (χ1n) is 12.4. The monoisotopic (exact) mass is 544 g/mol. The zero-order valence-electron chi connectivity index (χ0n) is 22.2. The van der Waals surface area contributed by atoms with E-state index in [4.69, 9.17) is 28.7 Å². The molecule has 0 aromatic heterocycles. The lowest BCUT2D eigenvalue weighted by Crippen LogP contribution is -2.58. The molecule has 0 aliphatic rings. The smallest absolute Gasteiger partial charge is 0.326 e. The van der Waals surface area contributed by atoms with Crippen molar-refractivity contribution in [2.24, 2.45) is 44.6 Å². The van der Waals surface area contributed by atoms with Gasteiger partial charge >= 0.3 is 5.97 Å². The Morgan fingerprint density at radius 1 is 0.789 bits per heavy atom. The van der Waals surface area contributed by atoms with E-state index in [0.717, 1.165) is 0 Å². The summed E-state index contributed by atoms with van der Waals surface area (Å²) in [6.45, 7) is 5.12. The first-order valence-corrected chi connectivity index (χ1v) is 12.4. The molecule has 0 heterocycles. The number of aliphatic hydroxyl groups excluding tert-OH is 1. The van der Waals surface area contributed by atoms with E-state index in [0.29, 0.717) is 6.42 Å². The van der Waals surface area contributed by atoms with Gasteiger partial charge in [0.15, 0.2) is 11.9 Å². The van der Waals surface area contributed by atoms with E-state index >= 15 is 0 Å². The maximum atomic E-state index is 13.2. The molecule has 0 rings (SSSR count). The highest BCUT2D eigenvalue weighted by molar-refractivity contribution is 5.94. The number of aliphatic imine (C=N–C) groups is 2. The number of nitrogens with zero attached hydrogens (tertiary/aromatic N) is 2. The quantitative estimate of drug-likeness (QED) is 0.0456. The Labute approximate surface area is 222 Å². The predicted octanol–water partition coefficient (Wildman–Crippen LogP) is -3.61. The van der Waals surface area contributed by atoms with Gasteiger partial charge in [-0.1, -0.05) is 20.3 Å². The SMILES string of the molecule is CCC(C)C(NC(=O)C(CCCN=C(N)N)NC(=O)C(CCCN=C(N)N)NC(=O)C(N)C(C)O)C(=O)O. The van der Waals surface area contributed by atoms with Gasteiger partial charge in [0.2, 0.25) is 17.7 Å². The average molecular weight is 545 g/mol. The molecule has 218 valence electrons. The Kier molecular flexibility index (Phi) is 16.0. The summed E-state index contributed by atoms with van der Waals surface area (Å²) in [6.07, 6.45) is 0.0359. The molecular weight excluding hydrogens is 500 g/mol. The average Bonchev–Trinajstić information content (AvgIpc) is 2.83. The van der Waals surface area contributed by atoms with Gasteiger partial charge in [0.05, 0.1) is 6.10 Å². The zero-order chi connectivity index (χ0) is 29.4. The number of carboxylic acid groups (broad SMARTS) is 1. The highest BCUT2D eigenvalue weighted by Crippen LogP contribution is 2.10. The van der Waals surface area contributed by atoms with Crippen molar-refractivity contribution in [1.29, 1.82) is 0 Å². The summed E-state index contributed by atoms with van der Waals surface area (Å²) in [6, 6.07) is -4.79. The van der Waals surface area contributed by atoms with Crippen LogP contribution in [0, 0.1) is 5.92 Å². The predicted molar refractivity (Wildman–Crippen MR) is 142 cm³/mol. The van der Waals surface area contributed by atoms with Gasteiger partial charge in [-0.25, -0.2) is 4.79 Å². The number of carbonyl (C=O) groups excluding carboxylic acids is 3. The number of hydrogen-bond acceptors (Lipinski definition) is 8. The van der Waals surface area contributed by atoms with Crippen LogP contribution in [0.5, 0.6) is 0 Å². The zero-order valence-corrected chi connectivity index (χ0v) is 22.2. The fourth-order valence-electron chi connectivity index (χ4n) is 3.24. The van der Waals surface area contributed by atoms with Crippen LogP contribution in [0.2, 0.25) is 0 Å². The molecule has 38 heavy (non-hydrogen) atoms. The van der Waals surface area contributed by atoms with Gasteiger partial charge in [-0.05, 0) is 38.5 Å². The largest absolute Gasteiger partial charge is 0.480 e. The number of hydrogen-bond donors (Lipinski definition) is 10. The van der Waals surface area contributed by atoms with E-state index in [1.165, 1.54) is 6.92 Å². The molecule has 0 spiro atoms. The minimum atomic E-state index is -1.30. The number of aliphatic hydroxyl groups is 1. The van der Waals surface area contributed by atoms with Crippen molar-refractivity contribution in [3.8, 4) is 0 Å². The van der Waals surface area contributed by atoms with Gasteiger partial charge in [-0.3, -0.25) is 24.4 Å². The van der Waals surface area contributed by atoms with Crippen molar-refractivity contribution in [3.05, 3.63) is 0 Å². The number of amides is 3. The Bertz CT molecular complexity index is 842. The number of carboxylic acids is 1. The van der Waals surface area contributed by atoms with Crippen molar-refractivity contribution < 1.29 is 29.4 Å². The van der Waals surface area contributed by atoms with Crippen LogP contribution in [0.15, 0.2) is 9.98 Å². The van der Waals surface area contributed by atoms with Crippen LogP contribution in [0.25, 0.3) is 0 Å². The maximum absolute atomic E-state index is 13.2. The van der Waals surface area contributed by atoms with E-state index < -0.39 is 54.0 Å². The molecule has 6 unspecified atom stereocenters. The van der Waals surface area contributed by atoms with Gasteiger partial charge in [0.25, 0.3) is 0 Å². The second-order valence-corrected chi connectivity index (χ2v) is 9.00. The lowest BCUT2D eigenvalue weighted by atomic mass is 9.98. The van der Waals surface area contributed by atoms with Crippen molar-refractivity contribution in [1.82, 2.24) is 16.0 Å². The van der Waals surface area contributed by atoms with Crippen LogP contribution >= 0.6 is 0 Å². The highest BCUT2D eigenvalue weighted by Gasteiger charge is 2.32. The van der Waals surface area contributed by atoms with E-state index in [1.54, 1.807) is 13.8 Å². The maximum Gasteiger partial charge on any atom is 0.326 e. The van der Waals surface area contributed by atoms with Gasteiger partial charge in [0.1, 0.15) is 24.2 Å². The van der Waals surface area contributed by atoms with Crippen LogP contribution in [0.3, 0.4) is 0 Å². The normalized spacial score (nSPS) is 15.5. The lowest BCUT2D eigenvalue weighted by molar-refractivity contribution is -0.144. The van der Waals surface area contributed by atoms with Gasteiger partial charge in [-0.2, -0.15) is 0 Å². The molecule has 0 saturated carbocycles. The Balaban J connectivity index is 5.79. The van der Waals surface area contributed by atoms with E-state index in [-0.39, 0.29) is 56.6 Å². The lowest BCUT2D eigenvalue weighted by Gasteiger charge is -2.26. The minimum absolute atomic E-state index is 0.0725. The van der Waals surface area contributed by atoms with Crippen LogP contribution < -0.4 is 44.6 Å². The molecule has 15 N–H and O–H groups in total. The summed E-state index contributed by atoms with van der Waals surface area (Å²) in [5, 5.41) is 26.7. The highest BCUT2D eigenvalue weighted by atomic mass is 16.4. The second kappa shape index (κ2) is 17.7.